The van der Waals surface area contributed by atoms with E-state index in [9.17, 15) is 0 Å². The number of halogens is 1. The van der Waals surface area contributed by atoms with Gasteiger partial charge < -0.3 is 0 Å². The molecule has 74 valence electrons. The minimum Gasteiger partial charge on any atom is -0.123 e. The Kier molecular flexibility index (Phi) is 5.24. The maximum absolute atomic E-state index is 5.99. The van der Waals surface area contributed by atoms with Crippen molar-refractivity contribution in [3.05, 3.63) is 0 Å². The second kappa shape index (κ2) is 5.11. The van der Waals surface area contributed by atoms with Gasteiger partial charge in [0.25, 0.3) is 0 Å². The molecule has 0 aromatic rings. The topological polar surface area (TPSA) is 0 Å². The molecule has 0 saturated heterocycles. The van der Waals surface area contributed by atoms with Gasteiger partial charge >= 0.3 is 0 Å². The lowest BCUT2D eigenvalue weighted by Crippen LogP contribution is -2.18. The molecule has 0 aliphatic heterocycles. The molecule has 0 aliphatic carbocycles. The summed E-state index contributed by atoms with van der Waals surface area (Å²) in [5.41, 5.74) is 0.413. The largest absolute Gasteiger partial charge is 0.123 e. The highest BCUT2D eigenvalue weighted by molar-refractivity contribution is 6.20. The van der Waals surface area contributed by atoms with E-state index in [0.29, 0.717) is 10.8 Å². The molecule has 1 heteroatoms. The first-order valence-corrected chi connectivity index (χ1v) is 5.45. The summed E-state index contributed by atoms with van der Waals surface area (Å²) < 4.78 is 0. The van der Waals surface area contributed by atoms with E-state index in [2.05, 4.69) is 34.6 Å². The van der Waals surface area contributed by atoms with Gasteiger partial charge in [-0.25, -0.2) is 0 Å². The molecule has 0 nitrogen and oxygen atoms in total. The summed E-state index contributed by atoms with van der Waals surface area (Å²) in [4.78, 5) is 0. The Labute approximate surface area is 82.7 Å². The van der Waals surface area contributed by atoms with Crippen LogP contribution in [0.25, 0.3) is 0 Å². The van der Waals surface area contributed by atoms with Gasteiger partial charge in [0.2, 0.25) is 0 Å². The Bertz CT molecular complexity index is 116. The van der Waals surface area contributed by atoms with Crippen LogP contribution in [0.5, 0.6) is 0 Å². The molecule has 0 aliphatic rings. The molecule has 0 spiro atoms. The molecule has 12 heavy (non-hydrogen) atoms. The summed E-state index contributed by atoms with van der Waals surface area (Å²) in [7, 11) is 0. The zero-order chi connectivity index (χ0) is 9.78. The summed E-state index contributed by atoms with van der Waals surface area (Å²) in [6.45, 7) is 11.3. The van der Waals surface area contributed by atoms with Crippen LogP contribution in [0.4, 0.5) is 0 Å². The maximum Gasteiger partial charge on any atom is 0.0312 e. The summed E-state index contributed by atoms with van der Waals surface area (Å²) in [5, 5.41) is 0.309. The summed E-state index contributed by atoms with van der Waals surface area (Å²) in [6, 6.07) is 0. The van der Waals surface area contributed by atoms with E-state index in [4.69, 9.17) is 11.6 Å². The van der Waals surface area contributed by atoms with Crippen molar-refractivity contribution < 1.29 is 0 Å². The van der Waals surface area contributed by atoms with Gasteiger partial charge in [-0.1, -0.05) is 34.1 Å². The standard InChI is InChI=1S/C11H23Cl/c1-6-9(2)7-11(4,5)8-10(3)12/h9-10H,6-8H2,1-5H3. The average molecular weight is 191 g/mol. The van der Waals surface area contributed by atoms with Crippen LogP contribution in [0, 0.1) is 11.3 Å². The first kappa shape index (κ1) is 12.3. The van der Waals surface area contributed by atoms with Crippen molar-refractivity contribution in [2.24, 2.45) is 11.3 Å². The molecule has 0 rings (SSSR count). The summed E-state index contributed by atoms with van der Waals surface area (Å²) >= 11 is 5.99. The zero-order valence-electron chi connectivity index (χ0n) is 9.15. The van der Waals surface area contributed by atoms with Gasteiger partial charge in [0.15, 0.2) is 0 Å². The quantitative estimate of drug-likeness (QED) is 0.562. The summed E-state index contributed by atoms with van der Waals surface area (Å²) in [5.74, 6) is 0.829. The van der Waals surface area contributed by atoms with Crippen LogP contribution in [0.2, 0.25) is 0 Å². The summed E-state index contributed by atoms with van der Waals surface area (Å²) in [6.07, 6.45) is 3.69. The van der Waals surface area contributed by atoms with Gasteiger partial charge in [-0.15, -0.1) is 11.6 Å². The Morgan fingerprint density at radius 2 is 1.67 bits per heavy atom. The third kappa shape index (κ3) is 5.88. The van der Waals surface area contributed by atoms with Gasteiger partial charge in [-0.05, 0) is 31.1 Å². The molecule has 0 amide bonds. The average Bonchev–Trinajstić information content (AvgIpc) is 1.83. The highest BCUT2D eigenvalue weighted by Crippen LogP contribution is 2.32. The van der Waals surface area contributed by atoms with E-state index in [1.54, 1.807) is 0 Å². The van der Waals surface area contributed by atoms with Gasteiger partial charge in [0, 0.05) is 5.38 Å². The second-order valence-electron chi connectivity index (χ2n) is 4.87. The molecular formula is C11H23Cl. The van der Waals surface area contributed by atoms with Crippen molar-refractivity contribution in [2.45, 2.75) is 59.3 Å². The SMILES string of the molecule is CCC(C)CC(C)(C)CC(C)Cl. The molecule has 0 heterocycles. The maximum atomic E-state index is 5.99. The number of rotatable bonds is 5. The highest BCUT2D eigenvalue weighted by atomic mass is 35.5. The molecule has 0 aromatic carbocycles. The molecule has 0 aromatic heterocycles. The van der Waals surface area contributed by atoms with E-state index in [1.165, 1.54) is 12.8 Å². The lowest BCUT2D eigenvalue weighted by Gasteiger charge is -2.28. The van der Waals surface area contributed by atoms with Crippen LogP contribution in [0.1, 0.15) is 53.9 Å². The van der Waals surface area contributed by atoms with Gasteiger partial charge in [0.1, 0.15) is 0 Å². The number of hydrogen-bond donors (Lipinski definition) is 0. The van der Waals surface area contributed by atoms with Crippen LogP contribution in [-0.2, 0) is 0 Å². The molecule has 2 atom stereocenters. The monoisotopic (exact) mass is 190 g/mol. The lowest BCUT2D eigenvalue weighted by molar-refractivity contribution is 0.253. The molecule has 0 saturated carbocycles. The molecule has 0 fully saturated rings. The van der Waals surface area contributed by atoms with Crippen molar-refractivity contribution in [1.29, 1.82) is 0 Å². The van der Waals surface area contributed by atoms with Crippen LogP contribution < -0.4 is 0 Å². The van der Waals surface area contributed by atoms with Crippen LogP contribution in [0.3, 0.4) is 0 Å². The minimum absolute atomic E-state index is 0.309. The predicted molar refractivity (Wildman–Crippen MR) is 57.8 cm³/mol. The van der Waals surface area contributed by atoms with Gasteiger partial charge in [-0.2, -0.15) is 0 Å². The van der Waals surface area contributed by atoms with E-state index < -0.39 is 0 Å². The zero-order valence-corrected chi connectivity index (χ0v) is 9.91. The van der Waals surface area contributed by atoms with Gasteiger partial charge in [0.05, 0.1) is 0 Å². The Morgan fingerprint density at radius 3 is 2.00 bits per heavy atom. The first-order valence-electron chi connectivity index (χ1n) is 5.01. The van der Waals surface area contributed by atoms with Crippen LogP contribution in [0.15, 0.2) is 0 Å². The second-order valence-corrected chi connectivity index (χ2v) is 5.61. The fourth-order valence-electron chi connectivity index (χ4n) is 1.93. The third-order valence-corrected chi connectivity index (χ3v) is 2.59. The fraction of sp³-hybridized carbons (Fsp3) is 1.00. The third-order valence-electron chi connectivity index (χ3n) is 2.43. The molecule has 0 N–H and O–H groups in total. The van der Waals surface area contributed by atoms with E-state index in [-0.39, 0.29) is 0 Å². The number of hydrogen-bond acceptors (Lipinski definition) is 0. The fourth-order valence-corrected chi connectivity index (χ4v) is 2.35. The molecule has 2 unspecified atom stereocenters. The van der Waals surface area contributed by atoms with Crippen LogP contribution in [-0.4, -0.2) is 5.38 Å². The van der Waals surface area contributed by atoms with Crippen molar-refractivity contribution in [3.8, 4) is 0 Å². The Balaban J connectivity index is 3.85. The number of alkyl halides is 1. The highest BCUT2D eigenvalue weighted by Gasteiger charge is 2.22. The van der Waals surface area contributed by atoms with E-state index in [0.717, 1.165) is 12.3 Å². The Hall–Kier alpha value is 0.290. The molecule has 0 radical (unpaired) electrons. The smallest absolute Gasteiger partial charge is 0.0312 e. The first-order chi connectivity index (χ1) is 5.37. The van der Waals surface area contributed by atoms with Gasteiger partial charge in [-0.3, -0.25) is 0 Å². The van der Waals surface area contributed by atoms with E-state index in [1.807, 2.05) is 0 Å². The van der Waals surface area contributed by atoms with Crippen molar-refractivity contribution >= 4 is 11.6 Å². The molecular weight excluding hydrogens is 168 g/mol. The van der Waals surface area contributed by atoms with Crippen LogP contribution >= 0.6 is 11.6 Å². The lowest BCUT2D eigenvalue weighted by atomic mass is 9.79. The van der Waals surface area contributed by atoms with Crippen molar-refractivity contribution in [2.75, 3.05) is 0 Å². The molecule has 0 bridgehead atoms. The van der Waals surface area contributed by atoms with Crippen molar-refractivity contribution in [1.82, 2.24) is 0 Å². The van der Waals surface area contributed by atoms with E-state index >= 15 is 0 Å². The Morgan fingerprint density at radius 1 is 1.17 bits per heavy atom. The normalized spacial score (nSPS) is 17.5. The van der Waals surface area contributed by atoms with Crippen molar-refractivity contribution in [3.63, 3.8) is 0 Å². The minimum atomic E-state index is 0.309. The predicted octanol–water partition coefficient (Wildman–Crippen LogP) is 4.47.